The first kappa shape index (κ1) is 21.2. The van der Waals surface area contributed by atoms with Crippen molar-refractivity contribution < 1.29 is 22.7 Å². The van der Waals surface area contributed by atoms with E-state index in [-0.39, 0.29) is 11.5 Å². The number of carbonyl (C=O) groups excluding carboxylic acids is 2. The zero-order valence-electron chi connectivity index (χ0n) is 16.8. The Bertz CT molecular complexity index is 1240. The highest BCUT2D eigenvalue weighted by atomic mass is 32.2. The summed E-state index contributed by atoms with van der Waals surface area (Å²) in [5, 5.41) is 2.30. The van der Waals surface area contributed by atoms with Crippen molar-refractivity contribution in [2.75, 3.05) is 23.7 Å². The molecular weight excluding hydrogens is 436 g/mol. The van der Waals surface area contributed by atoms with Gasteiger partial charge >= 0.3 is 5.97 Å². The van der Waals surface area contributed by atoms with Crippen LogP contribution in [-0.2, 0) is 21.2 Å². The third-order valence-corrected chi connectivity index (χ3v) is 7.02. The third-order valence-electron chi connectivity index (χ3n) is 4.95. The fourth-order valence-electron chi connectivity index (χ4n) is 3.45. The van der Waals surface area contributed by atoms with Crippen molar-refractivity contribution in [1.29, 1.82) is 0 Å². The maximum absolute atomic E-state index is 12.5. The Morgan fingerprint density at radius 1 is 1.16 bits per heavy atom. The van der Waals surface area contributed by atoms with Gasteiger partial charge < -0.3 is 4.74 Å². The van der Waals surface area contributed by atoms with E-state index in [2.05, 4.69) is 4.98 Å². The van der Waals surface area contributed by atoms with E-state index in [0.717, 1.165) is 11.1 Å². The van der Waals surface area contributed by atoms with Crippen LogP contribution < -0.4 is 4.31 Å². The quantitative estimate of drug-likeness (QED) is 0.416. The van der Waals surface area contributed by atoms with E-state index >= 15 is 0 Å². The summed E-state index contributed by atoms with van der Waals surface area (Å²) in [4.78, 5) is 29.1. The Labute approximate surface area is 184 Å². The second-order valence-electron chi connectivity index (χ2n) is 7.19. The van der Waals surface area contributed by atoms with Crippen molar-refractivity contribution in [3.63, 3.8) is 0 Å². The molecule has 31 heavy (non-hydrogen) atoms. The number of Topliss-reactive ketones (excluding diaryl/α,β-unsaturated/α-hetero) is 1. The number of ether oxygens (including phenoxy) is 1. The average Bonchev–Trinajstić information content (AvgIpc) is 3.27. The standard InChI is InChI=1S/C22H20N2O5S2/c1-31(27,28)24-11-5-8-16-12-17(9-10-19(16)24)20(25)13-29-22(26)18-14-30-21(23-18)15-6-3-2-4-7-15/h2-4,6-7,9-10,12,14H,5,8,11,13H2,1H3. The molecule has 4 rings (SSSR count). The SMILES string of the molecule is CS(=O)(=O)N1CCCc2cc(C(=O)COC(=O)c3csc(-c4ccccc4)n3)ccc21. The highest BCUT2D eigenvalue weighted by Crippen LogP contribution is 2.30. The summed E-state index contributed by atoms with van der Waals surface area (Å²) < 4.78 is 30.5. The molecule has 0 radical (unpaired) electrons. The van der Waals surface area contributed by atoms with Crippen LogP contribution in [0.4, 0.5) is 5.69 Å². The number of hydrogen-bond acceptors (Lipinski definition) is 7. The summed E-state index contributed by atoms with van der Waals surface area (Å²) in [6.07, 6.45) is 2.53. The van der Waals surface area contributed by atoms with Crippen molar-refractivity contribution in [2.24, 2.45) is 0 Å². The number of thiazole rings is 1. The number of rotatable bonds is 6. The lowest BCUT2D eigenvalue weighted by Gasteiger charge is -2.29. The molecule has 0 unspecified atom stereocenters. The predicted octanol–water partition coefficient (Wildman–Crippen LogP) is 3.56. The molecule has 7 nitrogen and oxygen atoms in total. The maximum atomic E-state index is 12.5. The predicted molar refractivity (Wildman–Crippen MR) is 119 cm³/mol. The summed E-state index contributed by atoms with van der Waals surface area (Å²) >= 11 is 1.33. The molecule has 0 fully saturated rings. The number of hydrogen-bond donors (Lipinski definition) is 0. The second-order valence-corrected chi connectivity index (χ2v) is 9.95. The normalized spacial score (nSPS) is 13.5. The van der Waals surface area contributed by atoms with Gasteiger partial charge in [0.05, 0.1) is 11.9 Å². The van der Waals surface area contributed by atoms with Crippen LogP contribution in [0.2, 0.25) is 0 Å². The largest absolute Gasteiger partial charge is 0.453 e. The number of esters is 1. The molecule has 0 N–H and O–H groups in total. The second kappa shape index (κ2) is 8.60. The molecule has 1 aliphatic rings. The van der Waals surface area contributed by atoms with Gasteiger partial charge in [0.15, 0.2) is 18.1 Å². The summed E-state index contributed by atoms with van der Waals surface area (Å²) in [6, 6.07) is 14.4. The van der Waals surface area contributed by atoms with Gasteiger partial charge in [-0.3, -0.25) is 9.10 Å². The van der Waals surface area contributed by atoms with Gasteiger partial charge in [-0.15, -0.1) is 11.3 Å². The van der Waals surface area contributed by atoms with Crippen LogP contribution in [0.1, 0.15) is 32.8 Å². The Morgan fingerprint density at radius 3 is 2.68 bits per heavy atom. The number of benzene rings is 2. The van der Waals surface area contributed by atoms with E-state index in [1.54, 1.807) is 23.6 Å². The van der Waals surface area contributed by atoms with Gasteiger partial charge in [0.2, 0.25) is 10.0 Å². The first-order chi connectivity index (χ1) is 14.8. The maximum Gasteiger partial charge on any atom is 0.358 e. The van der Waals surface area contributed by atoms with Gasteiger partial charge in [0.25, 0.3) is 0 Å². The van der Waals surface area contributed by atoms with Gasteiger partial charge in [-0.1, -0.05) is 30.3 Å². The molecule has 0 aliphatic carbocycles. The van der Waals surface area contributed by atoms with Crippen molar-refractivity contribution in [3.05, 3.63) is 70.7 Å². The number of nitrogens with zero attached hydrogens (tertiary/aromatic N) is 2. The minimum absolute atomic E-state index is 0.158. The van der Waals surface area contributed by atoms with E-state index in [9.17, 15) is 18.0 Å². The molecule has 3 aromatic rings. The third kappa shape index (κ3) is 4.67. The van der Waals surface area contributed by atoms with Crippen molar-refractivity contribution in [1.82, 2.24) is 4.98 Å². The van der Waals surface area contributed by atoms with Crippen LogP contribution in [0.25, 0.3) is 10.6 Å². The highest BCUT2D eigenvalue weighted by molar-refractivity contribution is 7.92. The minimum atomic E-state index is -3.37. The van der Waals surface area contributed by atoms with Crippen molar-refractivity contribution in [2.45, 2.75) is 12.8 Å². The van der Waals surface area contributed by atoms with Gasteiger partial charge in [-0.25, -0.2) is 18.2 Å². The highest BCUT2D eigenvalue weighted by Gasteiger charge is 2.25. The van der Waals surface area contributed by atoms with Crippen molar-refractivity contribution >= 4 is 38.8 Å². The van der Waals surface area contributed by atoms with Crippen molar-refractivity contribution in [3.8, 4) is 10.6 Å². The van der Waals surface area contributed by atoms with Crippen LogP contribution in [-0.4, -0.2) is 44.6 Å². The number of ketones is 1. The summed E-state index contributed by atoms with van der Waals surface area (Å²) in [7, 11) is -3.37. The van der Waals surface area contributed by atoms with Crippen LogP contribution in [0.3, 0.4) is 0 Å². The smallest absolute Gasteiger partial charge is 0.358 e. The lowest BCUT2D eigenvalue weighted by molar-refractivity contribution is 0.0470. The average molecular weight is 457 g/mol. The lowest BCUT2D eigenvalue weighted by Crippen LogP contribution is -2.34. The molecule has 0 spiro atoms. The van der Waals surface area contributed by atoms with E-state index in [4.69, 9.17) is 4.74 Å². The Hall–Kier alpha value is -3.04. The molecule has 0 saturated heterocycles. The molecule has 0 bridgehead atoms. The summed E-state index contributed by atoms with van der Waals surface area (Å²) in [5.41, 5.74) is 2.83. The number of fused-ring (bicyclic) bond motifs is 1. The zero-order chi connectivity index (χ0) is 22.0. The van der Waals surface area contributed by atoms with Gasteiger partial charge in [-0.05, 0) is 36.6 Å². The molecular formula is C22H20N2O5S2. The first-order valence-electron chi connectivity index (χ1n) is 9.65. The molecule has 0 atom stereocenters. The zero-order valence-corrected chi connectivity index (χ0v) is 18.4. The molecule has 2 heterocycles. The van der Waals surface area contributed by atoms with E-state index in [1.807, 2.05) is 30.3 Å². The first-order valence-corrected chi connectivity index (χ1v) is 12.4. The molecule has 0 amide bonds. The number of sulfonamides is 1. The topological polar surface area (TPSA) is 93.6 Å². The Balaban J connectivity index is 1.42. The molecule has 1 aliphatic heterocycles. The van der Waals surface area contributed by atoms with Gasteiger partial charge in [0, 0.05) is 23.1 Å². The minimum Gasteiger partial charge on any atom is -0.453 e. The molecule has 160 valence electrons. The number of aryl methyl sites for hydroxylation is 1. The monoisotopic (exact) mass is 456 g/mol. The van der Waals surface area contributed by atoms with Crippen LogP contribution in [0.15, 0.2) is 53.9 Å². The Morgan fingerprint density at radius 2 is 1.94 bits per heavy atom. The van der Waals surface area contributed by atoms with Crippen LogP contribution in [0.5, 0.6) is 0 Å². The summed E-state index contributed by atoms with van der Waals surface area (Å²) in [5.74, 6) is -1.01. The molecule has 1 aromatic heterocycles. The number of carbonyl (C=O) groups is 2. The number of anilines is 1. The van der Waals surface area contributed by atoms with E-state index < -0.39 is 22.6 Å². The van der Waals surface area contributed by atoms with Gasteiger partial charge in [0.1, 0.15) is 5.01 Å². The van der Waals surface area contributed by atoms with E-state index in [0.29, 0.717) is 35.6 Å². The lowest BCUT2D eigenvalue weighted by atomic mass is 9.99. The fraction of sp³-hybridized carbons (Fsp3) is 0.227. The number of aromatic nitrogens is 1. The van der Waals surface area contributed by atoms with Crippen LogP contribution >= 0.6 is 11.3 Å². The Kier molecular flexibility index (Phi) is 5.88. The molecule has 9 heteroatoms. The van der Waals surface area contributed by atoms with E-state index in [1.165, 1.54) is 21.9 Å². The molecule has 0 saturated carbocycles. The fourth-order valence-corrected chi connectivity index (χ4v) is 5.24. The molecule has 2 aromatic carbocycles. The van der Waals surface area contributed by atoms with Gasteiger partial charge in [-0.2, -0.15) is 0 Å². The summed E-state index contributed by atoms with van der Waals surface area (Å²) in [6.45, 7) is 0.0148. The van der Waals surface area contributed by atoms with Crippen LogP contribution in [0, 0.1) is 0 Å².